The van der Waals surface area contributed by atoms with Crippen LogP contribution in [0.15, 0.2) is 12.1 Å². The smallest absolute Gasteiger partial charge is 0.183 e. The van der Waals surface area contributed by atoms with Crippen molar-refractivity contribution in [3.05, 3.63) is 17.7 Å². The molecule has 0 bridgehead atoms. The molecule has 1 heterocycles. The molecule has 0 aliphatic carbocycles. The van der Waals surface area contributed by atoms with E-state index in [2.05, 4.69) is 30.2 Å². The number of anilines is 1. The maximum Gasteiger partial charge on any atom is 0.183 e. The summed E-state index contributed by atoms with van der Waals surface area (Å²) in [4.78, 5) is 4.60. The number of thiazole rings is 1. The molecule has 16 heavy (non-hydrogen) atoms. The molecule has 0 atom stereocenters. The first kappa shape index (κ1) is 11.2. The highest BCUT2D eigenvalue weighted by atomic mass is 32.1. The zero-order chi connectivity index (χ0) is 11.5. The molecule has 4 heteroatoms. The first-order valence-electron chi connectivity index (χ1n) is 5.49. The van der Waals surface area contributed by atoms with E-state index in [1.165, 1.54) is 10.3 Å². The van der Waals surface area contributed by atoms with Gasteiger partial charge in [0.15, 0.2) is 5.13 Å². The number of rotatable bonds is 4. The van der Waals surface area contributed by atoms with E-state index in [0.29, 0.717) is 0 Å². The largest absolute Gasteiger partial charge is 0.497 e. The van der Waals surface area contributed by atoms with Gasteiger partial charge in [0.25, 0.3) is 0 Å². The molecule has 0 aliphatic heterocycles. The number of aromatic nitrogens is 1. The average Bonchev–Trinajstić information content (AvgIpc) is 2.70. The van der Waals surface area contributed by atoms with Gasteiger partial charge in [0.1, 0.15) is 5.75 Å². The van der Waals surface area contributed by atoms with Gasteiger partial charge in [0, 0.05) is 6.54 Å². The summed E-state index contributed by atoms with van der Waals surface area (Å²) in [6.07, 6.45) is 0.975. The van der Waals surface area contributed by atoms with Crippen LogP contribution in [0.4, 0.5) is 5.13 Å². The Morgan fingerprint density at radius 2 is 2.19 bits per heavy atom. The van der Waals surface area contributed by atoms with Crippen LogP contribution in [-0.2, 0) is 6.42 Å². The number of benzene rings is 1. The lowest BCUT2D eigenvalue weighted by Crippen LogP contribution is -1.94. The predicted octanol–water partition coefficient (Wildman–Crippen LogP) is 3.30. The minimum absolute atomic E-state index is 0.901. The van der Waals surface area contributed by atoms with Crippen LogP contribution in [0.2, 0.25) is 0 Å². The Labute approximate surface area is 99.5 Å². The number of aryl methyl sites for hydroxylation is 1. The minimum atomic E-state index is 0.901. The van der Waals surface area contributed by atoms with Crippen molar-refractivity contribution in [3.8, 4) is 5.75 Å². The number of hydrogen-bond acceptors (Lipinski definition) is 4. The molecule has 0 radical (unpaired) electrons. The Balaban J connectivity index is 2.55. The molecule has 0 aliphatic rings. The zero-order valence-corrected chi connectivity index (χ0v) is 10.6. The molecule has 86 valence electrons. The lowest BCUT2D eigenvalue weighted by Gasteiger charge is -2.03. The van der Waals surface area contributed by atoms with Gasteiger partial charge < -0.3 is 10.1 Å². The second kappa shape index (κ2) is 4.70. The van der Waals surface area contributed by atoms with Crippen molar-refractivity contribution in [1.29, 1.82) is 0 Å². The Kier molecular flexibility index (Phi) is 3.29. The summed E-state index contributed by atoms with van der Waals surface area (Å²) in [5.41, 5.74) is 2.35. The lowest BCUT2D eigenvalue weighted by atomic mass is 10.1. The molecule has 1 N–H and O–H groups in total. The average molecular weight is 236 g/mol. The highest BCUT2D eigenvalue weighted by Gasteiger charge is 2.09. The van der Waals surface area contributed by atoms with Crippen molar-refractivity contribution in [2.24, 2.45) is 0 Å². The molecule has 0 fully saturated rings. The van der Waals surface area contributed by atoms with Gasteiger partial charge in [-0.25, -0.2) is 4.98 Å². The number of hydrogen-bond donors (Lipinski definition) is 1. The number of ether oxygens (including phenoxy) is 1. The topological polar surface area (TPSA) is 34.2 Å². The fraction of sp³-hybridized carbons (Fsp3) is 0.417. The van der Waals surface area contributed by atoms with E-state index in [4.69, 9.17) is 4.74 Å². The molecule has 3 nitrogen and oxygen atoms in total. The standard InChI is InChI=1S/C12H16N2OS/c1-4-8-6-9(15-3)7-10-11(8)14-12(16-10)13-5-2/h6-7H,4-5H2,1-3H3,(H,13,14). The van der Waals surface area contributed by atoms with Crippen LogP contribution >= 0.6 is 11.3 Å². The van der Waals surface area contributed by atoms with Crippen molar-refractivity contribution < 1.29 is 4.74 Å². The molecular formula is C12H16N2OS. The Bertz CT molecular complexity index is 493. The summed E-state index contributed by atoms with van der Waals surface area (Å²) in [6, 6.07) is 4.12. The van der Waals surface area contributed by atoms with Gasteiger partial charge in [0.2, 0.25) is 0 Å². The SMILES string of the molecule is CCNc1nc2c(CC)cc(OC)cc2s1. The van der Waals surface area contributed by atoms with Crippen LogP contribution < -0.4 is 10.1 Å². The fourth-order valence-corrected chi connectivity index (χ4v) is 2.70. The van der Waals surface area contributed by atoms with Crippen LogP contribution in [-0.4, -0.2) is 18.6 Å². The molecule has 0 spiro atoms. The fourth-order valence-electron chi connectivity index (χ4n) is 1.68. The third kappa shape index (κ3) is 1.97. The van der Waals surface area contributed by atoms with Crippen LogP contribution in [0.3, 0.4) is 0 Å². The number of nitrogens with one attached hydrogen (secondary N) is 1. The van der Waals surface area contributed by atoms with Gasteiger partial charge in [-0.2, -0.15) is 0 Å². The van der Waals surface area contributed by atoms with E-state index < -0.39 is 0 Å². The first-order chi connectivity index (χ1) is 7.78. The zero-order valence-electron chi connectivity index (χ0n) is 9.83. The third-order valence-corrected chi connectivity index (χ3v) is 3.45. The second-order valence-electron chi connectivity index (χ2n) is 3.54. The van der Waals surface area contributed by atoms with Crippen molar-refractivity contribution in [3.63, 3.8) is 0 Å². The molecule has 0 unspecified atom stereocenters. The van der Waals surface area contributed by atoms with Gasteiger partial charge in [-0.1, -0.05) is 18.3 Å². The molecule has 1 aromatic carbocycles. The van der Waals surface area contributed by atoms with E-state index in [1.807, 2.05) is 6.07 Å². The number of nitrogens with zero attached hydrogens (tertiary/aromatic N) is 1. The lowest BCUT2D eigenvalue weighted by molar-refractivity contribution is 0.415. The third-order valence-electron chi connectivity index (χ3n) is 2.49. The number of fused-ring (bicyclic) bond motifs is 1. The maximum atomic E-state index is 5.29. The van der Waals surface area contributed by atoms with E-state index in [0.717, 1.165) is 29.4 Å². The van der Waals surface area contributed by atoms with Gasteiger partial charge in [-0.05, 0) is 31.0 Å². The van der Waals surface area contributed by atoms with E-state index in [1.54, 1.807) is 18.4 Å². The molecule has 1 aromatic heterocycles. The molecule has 2 rings (SSSR count). The van der Waals surface area contributed by atoms with Crippen molar-refractivity contribution in [2.45, 2.75) is 20.3 Å². The Hall–Kier alpha value is -1.29. The summed E-state index contributed by atoms with van der Waals surface area (Å²) < 4.78 is 6.48. The van der Waals surface area contributed by atoms with Crippen LogP contribution in [0.5, 0.6) is 5.75 Å². The Morgan fingerprint density at radius 1 is 1.38 bits per heavy atom. The molecule has 2 aromatic rings. The highest BCUT2D eigenvalue weighted by Crippen LogP contribution is 2.32. The Morgan fingerprint density at radius 3 is 2.81 bits per heavy atom. The van der Waals surface area contributed by atoms with E-state index in [-0.39, 0.29) is 0 Å². The van der Waals surface area contributed by atoms with Gasteiger partial charge in [0.05, 0.1) is 17.3 Å². The number of methoxy groups -OCH3 is 1. The summed E-state index contributed by atoms with van der Waals surface area (Å²) in [6.45, 7) is 5.12. The molecule has 0 saturated heterocycles. The van der Waals surface area contributed by atoms with Crippen LogP contribution in [0, 0.1) is 0 Å². The van der Waals surface area contributed by atoms with Crippen molar-refractivity contribution in [1.82, 2.24) is 4.98 Å². The first-order valence-corrected chi connectivity index (χ1v) is 6.31. The van der Waals surface area contributed by atoms with Crippen LogP contribution in [0.1, 0.15) is 19.4 Å². The van der Waals surface area contributed by atoms with Crippen LogP contribution in [0.25, 0.3) is 10.2 Å². The maximum absolute atomic E-state index is 5.29. The monoisotopic (exact) mass is 236 g/mol. The second-order valence-corrected chi connectivity index (χ2v) is 4.57. The highest BCUT2D eigenvalue weighted by molar-refractivity contribution is 7.22. The molecule has 0 amide bonds. The summed E-state index contributed by atoms with van der Waals surface area (Å²) in [5, 5.41) is 4.24. The molecule has 0 saturated carbocycles. The van der Waals surface area contributed by atoms with Gasteiger partial charge in [-0.3, -0.25) is 0 Å². The van der Waals surface area contributed by atoms with Gasteiger partial charge in [-0.15, -0.1) is 0 Å². The van der Waals surface area contributed by atoms with E-state index >= 15 is 0 Å². The van der Waals surface area contributed by atoms with Gasteiger partial charge >= 0.3 is 0 Å². The predicted molar refractivity (Wildman–Crippen MR) is 69.7 cm³/mol. The summed E-state index contributed by atoms with van der Waals surface area (Å²) in [7, 11) is 1.70. The summed E-state index contributed by atoms with van der Waals surface area (Å²) in [5.74, 6) is 0.913. The minimum Gasteiger partial charge on any atom is -0.497 e. The summed E-state index contributed by atoms with van der Waals surface area (Å²) >= 11 is 1.68. The quantitative estimate of drug-likeness (QED) is 0.884. The van der Waals surface area contributed by atoms with Crippen molar-refractivity contribution >= 4 is 26.7 Å². The normalized spacial score (nSPS) is 10.7. The van der Waals surface area contributed by atoms with Crippen molar-refractivity contribution in [2.75, 3.05) is 19.0 Å². The van der Waals surface area contributed by atoms with E-state index in [9.17, 15) is 0 Å². The molecular weight excluding hydrogens is 220 g/mol.